The van der Waals surface area contributed by atoms with Gasteiger partial charge in [0.1, 0.15) is 0 Å². The van der Waals surface area contributed by atoms with E-state index in [1.165, 1.54) is 15.4 Å². The van der Waals surface area contributed by atoms with Crippen LogP contribution in [-0.4, -0.2) is 0 Å². The SMILES string of the molecule is CC[C@@H](N)c1ccccc1Sc1ccc(Br)cc1. The molecule has 1 atom stereocenters. The van der Waals surface area contributed by atoms with Gasteiger partial charge < -0.3 is 5.73 Å². The van der Waals surface area contributed by atoms with Crippen LogP contribution in [0.15, 0.2) is 62.8 Å². The Morgan fingerprint density at radius 1 is 1.11 bits per heavy atom. The van der Waals surface area contributed by atoms with Gasteiger partial charge in [0.05, 0.1) is 0 Å². The molecule has 0 amide bonds. The normalized spacial score (nSPS) is 12.4. The summed E-state index contributed by atoms with van der Waals surface area (Å²) in [7, 11) is 0. The first-order valence-electron chi connectivity index (χ1n) is 5.98. The molecule has 1 nitrogen and oxygen atoms in total. The molecule has 0 aromatic heterocycles. The summed E-state index contributed by atoms with van der Waals surface area (Å²) in [5, 5.41) is 0. The van der Waals surface area contributed by atoms with Crippen LogP contribution in [0.2, 0.25) is 0 Å². The maximum atomic E-state index is 6.15. The van der Waals surface area contributed by atoms with Gasteiger partial charge in [-0.1, -0.05) is 52.8 Å². The summed E-state index contributed by atoms with van der Waals surface area (Å²) >= 11 is 5.22. The number of nitrogens with two attached hydrogens (primary N) is 1. The van der Waals surface area contributed by atoms with E-state index in [0.717, 1.165) is 10.9 Å². The highest BCUT2D eigenvalue weighted by molar-refractivity contribution is 9.10. The Hall–Kier alpha value is -0.770. The van der Waals surface area contributed by atoms with E-state index in [1.807, 2.05) is 0 Å². The zero-order chi connectivity index (χ0) is 13.0. The van der Waals surface area contributed by atoms with Crippen LogP contribution in [0, 0.1) is 0 Å². The maximum Gasteiger partial charge on any atom is 0.0303 e. The number of hydrogen-bond acceptors (Lipinski definition) is 2. The molecule has 0 bridgehead atoms. The molecule has 0 radical (unpaired) electrons. The van der Waals surface area contributed by atoms with Gasteiger partial charge in [-0.05, 0) is 42.3 Å². The molecule has 0 fully saturated rings. The summed E-state index contributed by atoms with van der Waals surface area (Å²) in [6.45, 7) is 2.12. The van der Waals surface area contributed by atoms with Crippen LogP contribution in [0.25, 0.3) is 0 Å². The third-order valence-corrected chi connectivity index (χ3v) is 4.43. The van der Waals surface area contributed by atoms with Gasteiger partial charge in [0.15, 0.2) is 0 Å². The zero-order valence-electron chi connectivity index (χ0n) is 10.3. The van der Waals surface area contributed by atoms with Crippen molar-refractivity contribution in [3.63, 3.8) is 0 Å². The molecular formula is C15H16BrNS. The maximum absolute atomic E-state index is 6.15. The Bertz CT molecular complexity index is 510. The van der Waals surface area contributed by atoms with Crippen LogP contribution in [0.5, 0.6) is 0 Å². The van der Waals surface area contributed by atoms with E-state index in [-0.39, 0.29) is 6.04 Å². The molecule has 0 aliphatic rings. The van der Waals surface area contributed by atoms with Gasteiger partial charge in [-0.3, -0.25) is 0 Å². The Morgan fingerprint density at radius 2 is 1.78 bits per heavy atom. The first kappa shape index (κ1) is 13.7. The van der Waals surface area contributed by atoms with Crippen molar-refractivity contribution in [2.24, 2.45) is 5.73 Å². The predicted molar refractivity (Wildman–Crippen MR) is 81.9 cm³/mol. The quantitative estimate of drug-likeness (QED) is 0.856. The van der Waals surface area contributed by atoms with E-state index in [2.05, 4.69) is 71.4 Å². The highest BCUT2D eigenvalue weighted by Crippen LogP contribution is 2.33. The predicted octanol–water partition coefficient (Wildman–Crippen LogP) is 5.01. The number of benzene rings is 2. The number of rotatable bonds is 4. The lowest BCUT2D eigenvalue weighted by molar-refractivity contribution is 0.685. The number of hydrogen-bond donors (Lipinski definition) is 1. The van der Waals surface area contributed by atoms with E-state index in [4.69, 9.17) is 5.73 Å². The molecule has 2 aromatic carbocycles. The van der Waals surface area contributed by atoms with Gasteiger partial charge >= 0.3 is 0 Å². The highest BCUT2D eigenvalue weighted by atomic mass is 79.9. The monoisotopic (exact) mass is 321 g/mol. The fourth-order valence-electron chi connectivity index (χ4n) is 1.73. The van der Waals surface area contributed by atoms with Crippen LogP contribution in [0.1, 0.15) is 24.9 Å². The lowest BCUT2D eigenvalue weighted by Gasteiger charge is -2.14. The fourth-order valence-corrected chi connectivity index (χ4v) is 3.00. The average Bonchev–Trinajstić information content (AvgIpc) is 2.41. The average molecular weight is 322 g/mol. The van der Waals surface area contributed by atoms with Crippen molar-refractivity contribution in [2.45, 2.75) is 29.2 Å². The van der Waals surface area contributed by atoms with E-state index >= 15 is 0 Å². The molecule has 94 valence electrons. The lowest BCUT2D eigenvalue weighted by atomic mass is 10.1. The topological polar surface area (TPSA) is 26.0 Å². The van der Waals surface area contributed by atoms with Crippen LogP contribution < -0.4 is 5.73 Å². The molecule has 3 heteroatoms. The Labute approximate surface area is 121 Å². The molecule has 2 rings (SSSR count). The van der Waals surface area contributed by atoms with Gasteiger partial charge in [0.2, 0.25) is 0 Å². The van der Waals surface area contributed by atoms with Crippen molar-refractivity contribution >= 4 is 27.7 Å². The van der Waals surface area contributed by atoms with Gasteiger partial charge in [0, 0.05) is 20.3 Å². The minimum absolute atomic E-state index is 0.115. The summed E-state index contributed by atoms with van der Waals surface area (Å²) in [5.41, 5.74) is 7.38. The Balaban J connectivity index is 2.26. The van der Waals surface area contributed by atoms with Crippen LogP contribution in [-0.2, 0) is 0 Å². The zero-order valence-corrected chi connectivity index (χ0v) is 12.7. The molecule has 2 N–H and O–H groups in total. The summed E-state index contributed by atoms with van der Waals surface area (Å²) < 4.78 is 1.10. The van der Waals surface area contributed by atoms with Crippen molar-refractivity contribution < 1.29 is 0 Å². The summed E-state index contributed by atoms with van der Waals surface area (Å²) in [4.78, 5) is 2.48. The molecule has 18 heavy (non-hydrogen) atoms. The first-order chi connectivity index (χ1) is 8.70. The van der Waals surface area contributed by atoms with Crippen molar-refractivity contribution in [1.29, 1.82) is 0 Å². The van der Waals surface area contributed by atoms with E-state index in [0.29, 0.717) is 0 Å². The van der Waals surface area contributed by atoms with Crippen molar-refractivity contribution in [3.05, 3.63) is 58.6 Å². The third kappa shape index (κ3) is 3.37. The molecule has 0 aliphatic carbocycles. The first-order valence-corrected chi connectivity index (χ1v) is 7.59. The molecule has 0 heterocycles. The lowest BCUT2D eigenvalue weighted by Crippen LogP contribution is -2.09. The van der Waals surface area contributed by atoms with Crippen LogP contribution in [0.3, 0.4) is 0 Å². The van der Waals surface area contributed by atoms with Crippen molar-refractivity contribution in [1.82, 2.24) is 0 Å². The second kappa shape index (κ2) is 6.41. The van der Waals surface area contributed by atoms with Crippen molar-refractivity contribution in [3.8, 4) is 0 Å². The largest absolute Gasteiger partial charge is 0.324 e. The Kier molecular flexibility index (Phi) is 4.87. The van der Waals surface area contributed by atoms with Crippen molar-refractivity contribution in [2.75, 3.05) is 0 Å². The van der Waals surface area contributed by atoms with Crippen LogP contribution in [0.4, 0.5) is 0 Å². The second-order valence-electron chi connectivity index (χ2n) is 4.11. The Morgan fingerprint density at radius 3 is 2.44 bits per heavy atom. The minimum Gasteiger partial charge on any atom is -0.324 e. The summed E-state index contributed by atoms with van der Waals surface area (Å²) in [5.74, 6) is 0. The summed E-state index contributed by atoms with van der Waals surface area (Å²) in [6.07, 6.45) is 0.956. The van der Waals surface area contributed by atoms with Gasteiger partial charge in [-0.25, -0.2) is 0 Å². The third-order valence-electron chi connectivity index (χ3n) is 2.80. The standard InChI is InChI=1S/C15H16BrNS/c1-2-14(17)13-5-3-4-6-15(13)18-12-9-7-11(16)8-10-12/h3-10,14H,2,17H2,1H3/t14-/m1/s1. The van der Waals surface area contributed by atoms with Crippen LogP contribution >= 0.6 is 27.7 Å². The molecule has 0 spiro atoms. The van der Waals surface area contributed by atoms with Gasteiger partial charge in [-0.15, -0.1) is 0 Å². The second-order valence-corrected chi connectivity index (χ2v) is 6.14. The number of halogens is 1. The summed E-state index contributed by atoms with van der Waals surface area (Å²) in [6, 6.07) is 16.8. The molecule has 0 aliphatic heterocycles. The van der Waals surface area contributed by atoms with E-state index < -0.39 is 0 Å². The minimum atomic E-state index is 0.115. The molecule has 2 aromatic rings. The van der Waals surface area contributed by atoms with Gasteiger partial charge in [0.25, 0.3) is 0 Å². The fraction of sp³-hybridized carbons (Fsp3) is 0.200. The smallest absolute Gasteiger partial charge is 0.0303 e. The molecule has 0 saturated carbocycles. The molecule has 0 saturated heterocycles. The van der Waals surface area contributed by atoms with Gasteiger partial charge in [-0.2, -0.15) is 0 Å². The molecule has 0 unspecified atom stereocenters. The van der Waals surface area contributed by atoms with E-state index in [1.54, 1.807) is 11.8 Å². The highest BCUT2D eigenvalue weighted by Gasteiger charge is 2.09. The molecular weight excluding hydrogens is 306 g/mol. The van der Waals surface area contributed by atoms with E-state index in [9.17, 15) is 0 Å².